The zero-order chi connectivity index (χ0) is 24.2. The van der Waals surface area contributed by atoms with Gasteiger partial charge >= 0.3 is 12.1 Å². The van der Waals surface area contributed by atoms with E-state index in [2.05, 4.69) is 34.9 Å². The monoisotopic (exact) mass is 464 g/mol. The first-order chi connectivity index (χ1) is 16.3. The van der Waals surface area contributed by atoms with Crippen molar-refractivity contribution in [1.29, 1.82) is 0 Å². The quantitative estimate of drug-likeness (QED) is 0.493. The van der Waals surface area contributed by atoms with E-state index in [0.717, 1.165) is 11.1 Å². The van der Waals surface area contributed by atoms with Crippen LogP contribution in [0.2, 0.25) is 0 Å². The molecule has 2 aromatic rings. The summed E-state index contributed by atoms with van der Waals surface area (Å²) in [5.74, 6) is -1.09. The number of nitrogens with one attached hydrogen (secondary N) is 2. The van der Waals surface area contributed by atoms with Crippen LogP contribution < -0.4 is 10.6 Å². The van der Waals surface area contributed by atoms with E-state index in [0.29, 0.717) is 19.5 Å². The molecule has 180 valence electrons. The highest BCUT2D eigenvalue weighted by molar-refractivity contribution is 5.79. The SMILES string of the molecule is CC(C)C(CNC(=O)OCC1c2ccccc2-c2ccccc21)CC(=O)NC[C@H]1C[C@H]1C(=O)O. The number of rotatable bonds is 10. The molecule has 0 spiro atoms. The first kappa shape index (κ1) is 23.8. The molecule has 2 amide bonds. The summed E-state index contributed by atoms with van der Waals surface area (Å²) < 4.78 is 5.59. The molecule has 7 heteroatoms. The molecule has 1 fully saturated rings. The summed E-state index contributed by atoms with van der Waals surface area (Å²) in [6.07, 6.45) is 0.397. The molecule has 34 heavy (non-hydrogen) atoms. The van der Waals surface area contributed by atoms with Crippen molar-refractivity contribution in [3.63, 3.8) is 0 Å². The Bertz CT molecular complexity index is 1020. The van der Waals surface area contributed by atoms with Crippen LogP contribution in [0.5, 0.6) is 0 Å². The van der Waals surface area contributed by atoms with Crippen LogP contribution in [0.25, 0.3) is 11.1 Å². The Kier molecular flexibility index (Phi) is 7.20. The second-order valence-electron chi connectivity index (χ2n) is 9.66. The van der Waals surface area contributed by atoms with Gasteiger partial charge in [-0.2, -0.15) is 0 Å². The topological polar surface area (TPSA) is 105 Å². The number of alkyl carbamates (subject to hydrolysis) is 1. The van der Waals surface area contributed by atoms with Gasteiger partial charge in [-0.3, -0.25) is 9.59 Å². The molecule has 2 aliphatic carbocycles. The zero-order valence-electron chi connectivity index (χ0n) is 19.6. The molecule has 7 nitrogen and oxygen atoms in total. The molecule has 2 aliphatic rings. The van der Waals surface area contributed by atoms with Crippen LogP contribution in [0.3, 0.4) is 0 Å². The predicted octanol–water partition coefficient (Wildman–Crippen LogP) is 4.02. The van der Waals surface area contributed by atoms with Gasteiger partial charge in [-0.15, -0.1) is 0 Å². The number of aliphatic carboxylic acids is 1. The van der Waals surface area contributed by atoms with Crippen LogP contribution in [-0.2, 0) is 14.3 Å². The van der Waals surface area contributed by atoms with Crippen molar-refractivity contribution in [2.45, 2.75) is 32.6 Å². The molecule has 0 saturated heterocycles. The smallest absolute Gasteiger partial charge is 0.407 e. The van der Waals surface area contributed by atoms with Crippen molar-refractivity contribution in [2.24, 2.45) is 23.7 Å². The average molecular weight is 465 g/mol. The van der Waals surface area contributed by atoms with Gasteiger partial charge in [0.15, 0.2) is 0 Å². The molecule has 4 rings (SSSR count). The van der Waals surface area contributed by atoms with Crippen molar-refractivity contribution in [1.82, 2.24) is 10.6 Å². The molecule has 0 bridgehead atoms. The minimum atomic E-state index is -0.799. The number of amides is 2. The average Bonchev–Trinajstić information content (AvgIpc) is 3.54. The highest BCUT2D eigenvalue weighted by atomic mass is 16.5. The fourth-order valence-electron chi connectivity index (χ4n) is 4.74. The highest BCUT2D eigenvalue weighted by Crippen LogP contribution is 2.44. The maximum atomic E-state index is 12.5. The van der Waals surface area contributed by atoms with E-state index < -0.39 is 12.1 Å². The summed E-state index contributed by atoms with van der Waals surface area (Å²) in [5, 5.41) is 14.6. The fraction of sp³-hybridized carbons (Fsp3) is 0.444. The molecule has 0 aromatic heterocycles. The fourth-order valence-corrected chi connectivity index (χ4v) is 4.74. The van der Waals surface area contributed by atoms with E-state index in [4.69, 9.17) is 9.84 Å². The number of hydrogen-bond acceptors (Lipinski definition) is 4. The summed E-state index contributed by atoms with van der Waals surface area (Å²) in [5.41, 5.74) is 4.68. The molecule has 0 heterocycles. The lowest BCUT2D eigenvalue weighted by Gasteiger charge is -2.21. The van der Waals surface area contributed by atoms with Crippen LogP contribution in [0.1, 0.15) is 43.7 Å². The Hall–Kier alpha value is -3.35. The third-order valence-corrected chi connectivity index (χ3v) is 7.04. The van der Waals surface area contributed by atoms with Crippen LogP contribution in [0, 0.1) is 23.7 Å². The Morgan fingerprint density at radius 3 is 2.18 bits per heavy atom. The first-order valence-electron chi connectivity index (χ1n) is 11.9. The first-order valence-corrected chi connectivity index (χ1v) is 11.9. The van der Waals surface area contributed by atoms with E-state index in [1.54, 1.807) is 0 Å². The van der Waals surface area contributed by atoms with Crippen molar-refractivity contribution in [2.75, 3.05) is 19.7 Å². The summed E-state index contributed by atoms with van der Waals surface area (Å²) in [4.78, 5) is 35.7. The van der Waals surface area contributed by atoms with Gasteiger partial charge < -0.3 is 20.5 Å². The van der Waals surface area contributed by atoms with E-state index in [1.165, 1.54) is 11.1 Å². The van der Waals surface area contributed by atoms with Crippen LogP contribution in [0.4, 0.5) is 4.79 Å². The number of fused-ring (bicyclic) bond motifs is 3. The van der Waals surface area contributed by atoms with Gasteiger partial charge in [0.2, 0.25) is 5.91 Å². The highest BCUT2D eigenvalue weighted by Gasteiger charge is 2.43. The molecule has 1 unspecified atom stereocenters. The number of carbonyl (C=O) groups is 3. The van der Waals surface area contributed by atoms with E-state index >= 15 is 0 Å². The second-order valence-corrected chi connectivity index (χ2v) is 9.66. The minimum absolute atomic E-state index is 0.00174. The predicted molar refractivity (Wildman–Crippen MR) is 128 cm³/mol. The summed E-state index contributed by atoms with van der Waals surface area (Å²) in [7, 11) is 0. The van der Waals surface area contributed by atoms with E-state index in [9.17, 15) is 14.4 Å². The van der Waals surface area contributed by atoms with Crippen molar-refractivity contribution < 1.29 is 24.2 Å². The van der Waals surface area contributed by atoms with E-state index in [1.807, 2.05) is 38.1 Å². The minimum Gasteiger partial charge on any atom is -0.481 e. The largest absolute Gasteiger partial charge is 0.481 e. The summed E-state index contributed by atoms with van der Waals surface area (Å²) >= 11 is 0. The third kappa shape index (κ3) is 5.41. The zero-order valence-corrected chi connectivity index (χ0v) is 19.6. The second kappa shape index (κ2) is 10.3. The van der Waals surface area contributed by atoms with Crippen molar-refractivity contribution in [3.8, 4) is 11.1 Å². The number of carboxylic acid groups (broad SMARTS) is 1. The van der Waals surface area contributed by atoms with Gasteiger partial charge in [0.25, 0.3) is 0 Å². The standard InChI is InChI=1S/C27H32N2O5/c1-16(2)17(12-25(30)28-14-18-11-23(18)26(31)32)13-29-27(33)34-15-24-21-9-5-3-7-19(21)20-8-4-6-10-22(20)24/h3-10,16-18,23-24H,11-15H2,1-2H3,(H,28,30)(H,29,33)(H,31,32)/t17?,18-,23-/m1/s1. The Morgan fingerprint density at radius 2 is 1.62 bits per heavy atom. The molecule has 3 atom stereocenters. The number of ether oxygens (including phenoxy) is 1. The molecule has 2 aromatic carbocycles. The number of carbonyl (C=O) groups excluding carboxylic acids is 2. The number of carboxylic acids is 1. The van der Waals surface area contributed by atoms with Gasteiger partial charge in [0.05, 0.1) is 5.92 Å². The summed E-state index contributed by atoms with van der Waals surface area (Å²) in [6, 6.07) is 16.4. The molecular formula is C27H32N2O5. The van der Waals surface area contributed by atoms with Gasteiger partial charge in [-0.25, -0.2) is 4.79 Å². The summed E-state index contributed by atoms with van der Waals surface area (Å²) in [6.45, 7) is 5.00. The van der Waals surface area contributed by atoms with Gasteiger partial charge in [-0.05, 0) is 46.4 Å². The van der Waals surface area contributed by atoms with Crippen molar-refractivity contribution in [3.05, 3.63) is 59.7 Å². The Morgan fingerprint density at radius 1 is 1.00 bits per heavy atom. The molecular weight excluding hydrogens is 432 g/mol. The molecule has 3 N–H and O–H groups in total. The van der Waals surface area contributed by atoms with Crippen LogP contribution in [0.15, 0.2) is 48.5 Å². The maximum absolute atomic E-state index is 12.5. The molecule has 0 radical (unpaired) electrons. The lowest BCUT2D eigenvalue weighted by molar-refractivity contribution is -0.139. The van der Waals surface area contributed by atoms with Crippen LogP contribution >= 0.6 is 0 Å². The third-order valence-electron chi connectivity index (χ3n) is 7.04. The van der Waals surface area contributed by atoms with Crippen LogP contribution in [-0.4, -0.2) is 42.8 Å². The lowest BCUT2D eigenvalue weighted by Crippen LogP contribution is -2.36. The Balaban J connectivity index is 1.25. The molecule has 0 aliphatic heterocycles. The lowest BCUT2D eigenvalue weighted by atomic mass is 9.92. The number of hydrogen-bond donors (Lipinski definition) is 3. The van der Waals surface area contributed by atoms with Gasteiger partial charge in [-0.1, -0.05) is 62.4 Å². The maximum Gasteiger partial charge on any atom is 0.407 e. The van der Waals surface area contributed by atoms with E-state index in [-0.39, 0.29) is 48.5 Å². The number of benzene rings is 2. The van der Waals surface area contributed by atoms with Crippen molar-refractivity contribution >= 4 is 18.0 Å². The van der Waals surface area contributed by atoms with Gasteiger partial charge in [0.1, 0.15) is 6.61 Å². The Labute approximate surface area is 199 Å². The normalized spacial score (nSPS) is 19.1. The molecule has 1 saturated carbocycles. The van der Waals surface area contributed by atoms with Gasteiger partial charge in [0, 0.05) is 25.4 Å².